The molecule has 2 unspecified atom stereocenters. The highest BCUT2D eigenvalue weighted by molar-refractivity contribution is 6.31. The average molecular weight is 691 g/mol. The quantitative estimate of drug-likeness (QED) is 0.348. The fourth-order valence-corrected chi connectivity index (χ4v) is 8.71. The van der Waals surface area contributed by atoms with Crippen LogP contribution in [0.4, 0.5) is 18.9 Å². The lowest BCUT2D eigenvalue weighted by Crippen LogP contribution is -2.46. The van der Waals surface area contributed by atoms with Crippen molar-refractivity contribution >= 4 is 35.0 Å². The number of nitrogens with zero attached hydrogens (tertiary/aromatic N) is 6. The van der Waals surface area contributed by atoms with Crippen LogP contribution in [0.1, 0.15) is 87.1 Å². The zero-order valence-electron chi connectivity index (χ0n) is 28.1. The number of benzene rings is 1. The molecule has 0 saturated carbocycles. The summed E-state index contributed by atoms with van der Waals surface area (Å²) in [6.07, 6.45) is 0.870. The Morgan fingerprint density at radius 2 is 1.67 bits per heavy atom. The molecule has 1 aromatic carbocycles. The number of carbonyl (C=O) groups is 3. The molecule has 5 heterocycles. The topological polar surface area (TPSA) is 82.0 Å². The first kappa shape index (κ1) is 34.7. The third kappa shape index (κ3) is 7.39. The lowest BCUT2D eigenvalue weighted by atomic mass is 9.94. The number of aromatic nitrogens is 2. The van der Waals surface area contributed by atoms with E-state index in [4.69, 9.17) is 16.6 Å². The Hall–Kier alpha value is -3.12. The van der Waals surface area contributed by atoms with Gasteiger partial charge in [-0.15, -0.1) is 0 Å². The third-order valence-electron chi connectivity index (χ3n) is 11.0. The predicted octanol–water partition coefficient (Wildman–Crippen LogP) is 5.84. The van der Waals surface area contributed by atoms with E-state index in [2.05, 4.69) is 9.47 Å². The molecule has 0 spiro atoms. The summed E-state index contributed by atoms with van der Waals surface area (Å²) < 4.78 is 40.8. The van der Waals surface area contributed by atoms with E-state index in [-0.39, 0.29) is 36.9 Å². The molecule has 4 aliphatic rings. The van der Waals surface area contributed by atoms with E-state index in [0.29, 0.717) is 56.0 Å². The highest BCUT2D eigenvalue weighted by Crippen LogP contribution is 2.43. The van der Waals surface area contributed by atoms with Crippen molar-refractivity contribution in [1.29, 1.82) is 0 Å². The van der Waals surface area contributed by atoms with E-state index < -0.39 is 18.5 Å². The molecule has 48 heavy (non-hydrogen) atoms. The molecule has 6 rings (SSSR count). The lowest BCUT2D eigenvalue weighted by Gasteiger charge is -2.41. The number of anilines is 1. The number of likely N-dealkylation sites (tertiary alicyclic amines) is 1. The average Bonchev–Trinajstić information content (AvgIpc) is 3.48. The van der Waals surface area contributed by atoms with E-state index in [0.717, 1.165) is 67.1 Å². The number of imidazole rings is 1. The van der Waals surface area contributed by atoms with Crippen molar-refractivity contribution < 1.29 is 27.6 Å². The number of amides is 3. The summed E-state index contributed by atoms with van der Waals surface area (Å²) in [7, 11) is 0. The Labute approximate surface area is 285 Å². The van der Waals surface area contributed by atoms with Gasteiger partial charge < -0.3 is 19.3 Å². The Morgan fingerprint density at radius 1 is 0.979 bits per heavy atom. The molecule has 3 saturated heterocycles. The molecule has 13 heteroatoms. The van der Waals surface area contributed by atoms with Crippen molar-refractivity contribution in [3.63, 3.8) is 0 Å². The first-order valence-electron chi connectivity index (χ1n) is 17.3. The fourth-order valence-electron chi connectivity index (χ4n) is 8.53. The van der Waals surface area contributed by atoms with E-state index >= 15 is 0 Å². The number of hydrogen-bond acceptors (Lipinski definition) is 5. The van der Waals surface area contributed by atoms with Crippen LogP contribution in [0.25, 0.3) is 0 Å². The third-order valence-corrected chi connectivity index (χ3v) is 11.4. The Morgan fingerprint density at radius 3 is 2.29 bits per heavy atom. The summed E-state index contributed by atoms with van der Waals surface area (Å²) in [4.78, 5) is 50.4. The Bertz CT molecular complexity index is 1520. The van der Waals surface area contributed by atoms with Gasteiger partial charge >= 0.3 is 6.18 Å². The molecular formula is C35H46ClF3N6O3. The molecule has 2 aromatic rings. The minimum atomic E-state index is -4.52. The van der Waals surface area contributed by atoms with Crippen molar-refractivity contribution in [3.05, 3.63) is 46.0 Å². The number of carbonyl (C=O) groups excluding carboxylic acids is 3. The zero-order chi connectivity index (χ0) is 34.3. The predicted molar refractivity (Wildman–Crippen MR) is 177 cm³/mol. The van der Waals surface area contributed by atoms with E-state index in [9.17, 15) is 27.6 Å². The van der Waals surface area contributed by atoms with Crippen LogP contribution in [-0.2, 0) is 27.3 Å². The number of fused-ring (bicyclic) bond motifs is 3. The summed E-state index contributed by atoms with van der Waals surface area (Å²) >= 11 is 6.50. The summed E-state index contributed by atoms with van der Waals surface area (Å²) in [6.45, 7) is 8.54. The molecule has 4 aliphatic heterocycles. The van der Waals surface area contributed by atoms with Crippen LogP contribution in [0.2, 0.25) is 5.02 Å². The minimum Gasteiger partial charge on any atom is -0.343 e. The maximum absolute atomic E-state index is 13.9. The zero-order valence-corrected chi connectivity index (χ0v) is 28.8. The largest absolute Gasteiger partial charge is 0.397 e. The molecule has 0 radical (unpaired) electrons. The number of rotatable bonds is 8. The van der Waals surface area contributed by atoms with Crippen molar-refractivity contribution in [1.82, 2.24) is 24.3 Å². The van der Waals surface area contributed by atoms with Gasteiger partial charge in [-0.05, 0) is 76.5 Å². The van der Waals surface area contributed by atoms with Crippen LogP contribution in [0.5, 0.6) is 0 Å². The van der Waals surface area contributed by atoms with E-state index in [1.54, 1.807) is 6.92 Å². The van der Waals surface area contributed by atoms with E-state index in [1.807, 2.05) is 41.8 Å². The van der Waals surface area contributed by atoms with Crippen molar-refractivity contribution in [2.45, 2.75) is 109 Å². The van der Waals surface area contributed by atoms with E-state index in [1.165, 1.54) is 4.90 Å². The molecule has 9 nitrogen and oxygen atoms in total. The monoisotopic (exact) mass is 690 g/mol. The number of aryl methyl sites for hydroxylation is 2. The first-order valence-corrected chi connectivity index (χ1v) is 17.7. The number of alkyl halides is 3. The maximum Gasteiger partial charge on any atom is 0.397 e. The van der Waals surface area contributed by atoms with Crippen LogP contribution < -0.4 is 4.90 Å². The minimum absolute atomic E-state index is 0.0487. The Balaban J connectivity index is 1.09. The highest BCUT2D eigenvalue weighted by atomic mass is 35.5. The molecule has 3 amide bonds. The number of halogens is 4. The maximum atomic E-state index is 13.9. The molecule has 0 aliphatic carbocycles. The standard InChI is InChI=1S/C35H46ClF3N6O3/c1-22-5-6-28(19-30(22)36)44(34(48)25-9-14-41(15-10-25)24(3)46)13-4-12-43-26-7-8-27(43)18-29(17-26)45-23(2)40-31-21-42(16-11-32(31)45)33(47)20-35(37,38)39/h5-6,19,25-27,29H,4,7-18,20-21H2,1-3H3/t26-,27?,29?/m0/s1. The smallest absolute Gasteiger partial charge is 0.343 e. The van der Waals surface area contributed by atoms with Gasteiger partial charge in [0.25, 0.3) is 0 Å². The van der Waals surface area contributed by atoms with Crippen molar-refractivity contribution in [2.75, 3.05) is 37.6 Å². The summed E-state index contributed by atoms with van der Waals surface area (Å²) in [5.41, 5.74) is 3.55. The van der Waals surface area contributed by atoms with Crippen molar-refractivity contribution in [2.24, 2.45) is 5.92 Å². The first-order chi connectivity index (χ1) is 22.8. The molecule has 3 fully saturated rings. The van der Waals surface area contributed by atoms with Crippen LogP contribution in [0, 0.1) is 19.8 Å². The SMILES string of the molecule is CC(=O)N1CCC(C(=O)N(CCCN2C3CC[C@H]2CC(n2c(C)nc4c2CCN(C(=O)CC(F)(F)F)C4)C3)c2ccc(C)c(Cl)c2)CC1. The van der Waals surface area contributed by atoms with Gasteiger partial charge in [-0.3, -0.25) is 19.3 Å². The summed E-state index contributed by atoms with van der Waals surface area (Å²) in [5.74, 6) is -0.0167. The second kappa shape index (κ2) is 14.0. The van der Waals surface area contributed by atoms with Gasteiger partial charge in [-0.2, -0.15) is 13.2 Å². The fraction of sp³-hybridized carbons (Fsp3) is 0.657. The highest BCUT2D eigenvalue weighted by Gasteiger charge is 2.43. The van der Waals surface area contributed by atoms with Gasteiger partial charge in [0.15, 0.2) is 0 Å². The van der Waals surface area contributed by atoms with Crippen LogP contribution >= 0.6 is 11.6 Å². The summed E-state index contributed by atoms with van der Waals surface area (Å²) in [6, 6.07) is 6.89. The Kier molecular flexibility index (Phi) is 10.1. The van der Waals surface area contributed by atoms with Crippen LogP contribution in [0.3, 0.4) is 0 Å². The van der Waals surface area contributed by atoms with Gasteiger partial charge in [-0.25, -0.2) is 4.98 Å². The summed E-state index contributed by atoms with van der Waals surface area (Å²) in [5, 5.41) is 0.634. The van der Waals surface area contributed by atoms with Gasteiger partial charge in [0.05, 0.1) is 12.2 Å². The molecule has 3 atom stereocenters. The second-order valence-electron chi connectivity index (χ2n) is 14.1. The second-order valence-corrected chi connectivity index (χ2v) is 14.5. The normalized spacial score (nSPS) is 23.4. The number of piperidine rings is 2. The van der Waals surface area contributed by atoms with Crippen LogP contribution in [0.15, 0.2) is 18.2 Å². The van der Waals surface area contributed by atoms with Crippen LogP contribution in [-0.4, -0.2) is 93.0 Å². The van der Waals surface area contributed by atoms with Gasteiger partial charge in [0.1, 0.15) is 12.2 Å². The molecule has 1 aromatic heterocycles. The molecular weight excluding hydrogens is 645 g/mol. The lowest BCUT2D eigenvalue weighted by molar-refractivity contribution is -0.162. The molecule has 262 valence electrons. The van der Waals surface area contributed by atoms with Gasteiger partial charge in [-0.1, -0.05) is 17.7 Å². The molecule has 0 N–H and O–H groups in total. The van der Waals surface area contributed by atoms with Crippen molar-refractivity contribution in [3.8, 4) is 0 Å². The molecule has 2 bridgehead atoms. The number of hydrogen-bond donors (Lipinski definition) is 0. The van der Waals surface area contributed by atoms with Gasteiger partial charge in [0.2, 0.25) is 17.7 Å². The van der Waals surface area contributed by atoms with Gasteiger partial charge in [0, 0.05) is 86.5 Å².